The number of fused-ring (bicyclic) bond motifs is 1. The second-order valence-corrected chi connectivity index (χ2v) is 7.46. The number of rotatable bonds is 0. The third-order valence-corrected chi connectivity index (χ3v) is 4.26. The van der Waals surface area contributed by atoms with Crippen molar-refractivity contribution in [1.29, 1.82) is 0 Å². The van der Waals surface area contributed by atoms with Gasteiger partial charge in [0.1, 0.15) is 0 Å². The van der Waals surface area contributed by atoms with Crippen LogP contribution >= 0.6 is 47.8 Å². The minimum atomic E-state index is -0.759. The minimum Gasteiger partial charge on any atom is -0.313 e. The molecule has 1 aliphatic rings. The number of nitrogens with zero attached hydrogens (tertiary/aromatic N) is 1. The molecule has 0 aliphatic carbocycles. The third kappa shape index (κ3) is 1.37. The molecule has 0 saturated carbocycles. The molecular weight excluding hydrogens is 378 g/mol. The first-order valence-corrected chi connectivity index (χ1v) is 6.28. The van der Waals surface area contributed by atoms with E-state index in [0.29, 0.717) is 0 Å². The number of anilines is 1. The van der Waals surface area contributed by atoms with Crippen molar-refractivity contribution in [3.63, 3.8) is 0 Å². The summed E-state index contributed by atoms with van der Waals surface area (Å²) in [5.41, 5.74) is 1.85. The van der Waals surface area contributed by atoms with Gasteiger partial charge in [-0.3, -0.25) is 4.79 Å². The first-order valence-electron chi connectivity index (χ1n) is 3.90. The zero-order chi connectivity index (χ0) is 10.5. The Morgan fingerprint density at radius 2 is 2.00 bits per heavy atom. The maximum Gasteiger partial charge on any atom is 0.259 e. The van der Waals surface area contributed by atoms with E-state index in [-0.39, 0.29) is 5.91 Å². The Balaban J connectivity index is 2.68. The average Bonchev–Trinajstić information content (AvgIpc) is 2.28. The number of likely N-dealkylation sites (N-methyl/N-ethyl adjacent to an activating group) is 1. The quantitative estimate of drug-likeness (QED) is 0.629. The van der Waals surface area contributed by atoms with Crippen LogP contribution in [0.5, 0.6) is 0 Å². The topological polar surface area (TPSA) is 20.3 Å². The fourth-order valence-electron chi connectivity index (χ4n) is 1.48. The SMILES string of the molecule is CN1C(=O)C(Br)(Br)c2ccc(Br)cc21. The van der Waals surface area contributed by atoms with Gasteiger partial charge in [0.15, 0.2) is 3.23 Å². The lowest BCUT2D eigenvalue weighted by Crippen LogP contribution is -2.29. The van der Waals surface area contributed by atoms with Crippen molar-refractivity contribution in [2.75, 3.05) is 11.9 Å². The van der Waals surface area contributed by atoms with Gasteiger partial charge < -0.3 is 4.90 Å². The lowest BCUT2D eigenvalue weighted by molar-refractivity contribution is -0.117. The molecule has 2 rings (SSSR count). The van der Waals surface area contributed by atoms with Crippen molar-refractivity contribution in [2.45, 2.75) is 3.23 Å². The van der Waals surface area contributed by atoms with Gasteiger partial charge in [-0.05, 0) is 12.1 Å². The number of carbonyl (C=O) groups is 1. The molecule has 0 fully saturated rings. The number of hydrogen-bond donors (Lipinski definition) is 0. The van der Waals surface area contributed by atoms with Gasteiger partial charge in [0.2, 0.25) is 0 Å². The second kappa shape index (κ2) is 3.32. The Kier molecular flexibility index (Phi) is 2.52. The maximum atomic E-state index is 11.8. The lowest BCUT2D eigenvalue weighted by atomic mass is 10.2. The first-order chi connectivity index (χ1) is 6.44. The summed E-state index contributed by atoms with van der Waals surface area (Å²) in [6.07, 6.45) is 0. The smallest absolute Gasteiger partial charge is 0.259 e. The Morgan fingerprint density at radius 3 is 2.64 bits per heavy atom. The van der Waals surface area contributed by atoms with Crippen LogP contribution in [0.25, 0.3) is 0 Å². The maximum absolute atomic E-state index is 11.8. The summed E-state index contributed by atoms with van der Waals surface area (Å²) in [6, 6.07) is 5.77. The first kappa shape index (κ1) is 10.6. The number of benzene rings is 1. The highest BCUT2D eigenvalue weighted by molar-refractivity contribution is 9.25. The number of alkyl halides is 2. The van der Waals surface area contributed by atoms with E-state index < -0.39 is 3.23 Å². The summed E-state index contributed by atoms with van der Waals surface area (Å²) < 4.78 is 0.207. The summed E-state index contributed by atoms with van der Waals surface area (Å²) in [5, 5.41) is 0. The monoisotopic (exact) mass is 381 g/mol. The molecule has 0 spiro atoms. The van der Waals surface area contributed by atoms with Crippen LogP contribution in [0.3, 0.4) is 0 Å². The van der Waals surface area contributed by atoms with Crippen molar-refractivity contribution in [1.82, 2.24) is 0 Å². The fourth-order valence-corrected chi connectivity index (χ4v) is 3.03. The van der Waals surface area contributed by atoms with Crippen molar-refractivity contribution in [3.8, 4) is 0 Å². The lowest BCUT2D eigenvalue weighted by Gasteiger charge is -2.12. The standard InChI is InChI=1S/C9H6Br3NO/c1-13-7-4-5(10)2-3-6(7)9(11,12)8(13)14/h2-4H,1H3. The zero-order valence-electron chi connectivity index (χ0n) is 7.22. The van der Waals surface area contributed by atoms with E-state index in [4.69, 9.17) is 0 Å². The molecule has 74 valence electrons. The minimum absolute atomic E-state index is 0.00870. The van der Waals surface area contributed by atoms with Gasteiger partial charge in [-0.2, -0.15) is 0 Å². The van der Waals surface area contributed by atoms with E-state index in [0.717, 1.165) is 15.7 Å². The summed E-state index contributed by atoms with van der Waals surface area (Å²) in [4.78, 5) is 13.4. The van der Waals surface area contributed by atoms with Crippen LogP contribution in [0.4, 0.5) is 5.69 Å². The van der Waals surface area contributed by atoms with Gasteiger partial charge in [-0.15, -0.1) is 0 Å². The molecule has 1 heterocycles. The van der Waals surface area contributed by atoms with Crippen molar-refractivity contribution in [3.05, 3.63) is 28.2 Å². The summed E-state index contributed by atoms with van der Waals surface area (Å²) in [7, 11) is 1.76. The van der Waals surface area contributed by atoms with E-state index in [9.17, 15) is 4.79 Å². The average molecular weight is 384 g/mol. The molecule has 14 heavy (non-hydrogen) atoms. The normalized spacial score (nSPS) is 18.6. The van der Waals surface area contributed by atoms with Crippen LogP contribution in [-0.2, 0) is 8.03 Å². The molecule has 1 aromatic rings. The van der Waals surface area contributed by atoms with E-state index in [2.05, 4.69) is 47.8 Å². The van der Waals surface area contributed by atoms with Crippen molar-refractivity contribution in [2.24, 2.45) is 0 Å². The molecule has 0 atom stereocenters. The molecule has 0 saturated heterocycles. The Bertz CT molecular complexity index is 417. The van der Waals surface area contributed by atoms with Crippen molar-refractivity contribution >= 4 is 59.4 Å². The highest BCUT2D eigenvalue weighted by Gasteiger charge is 2.45. The van der Waals surface area contributed by atoms with Crippen LogP contribution < -0.4 is 4.90 Å². The van der Waals surface area contributed by atoms with Gasteiger partial charge >= 0.3 is 0 Å². The third-order valence-electron chi connectivity index (χ3n) is 2.23. The highest BCUT2D eigenvalue weighted by Crippen LogP contribution is 2.50. The predicted octanol–water partition coefficient (Wildman–Crippen LogP) is 3.37. The molecule has 0 radical (unpaired) electrons. The molecule has 5 heteroatoms. The molecule has 1 aliphatic heterocycles. The van der Waals surface area contributed by atoms with E-state index >= 15 is 0 Å². The van der Waals surface area contributed by atoms with E-state index in [1.54, 1.807) is 11.9 Å². The van der Waals surface area contributed by atoms with Crippen molar-refractivity contribution < 1.29 is 4.79 Å². The summed E-state index contributed by atoms with van der Waals surface area (Å²) in [5.74, 6) is -0.00870. The molecule has 1 amide bonds. The predicted molar refractivity (Wildman–Crippen MR) is 67.1 cm³/mol. The summed E-state index contributed by atoms with van der Waals surface area (Å²) >= 11 is 10.1. The van der Waals surface area contributed by atoms with E-state index in [1.165, 1.54) is 0 Å². The number of carbonyl (C=O) groups excluding carboxylic acids is 1. The van der Waals surface area contributed by atoms with Gasteiger partial charge in [0.25, 0.3) is 5.91 Å². The zero-order valence-corrected chi connectivity index (χ0v) is 12.0. The number of halogens is 3. The Hall–Kier alpha value is 0.130. The van der Waals surface area contributed by atoms with Crippen LogP contribution in [0.15, 0.2) is 22.7 Å². The summed E-state index contributed by atoms with van der Waals surface area (Å²) in [6.45, 7) is 0. The number of amides is 1. The van der Waals surface area contributed by atoms with Crippen LogP contribution in [0.2, 0.25) is 0 Å². The molecular formula is C9H6Br3NO. The molecule has 0 aromatic heterocycles. The van der Waals surface area contributed by atoms with Crippen LogP contribution in [0, 0.1) is 0 Å². The largest absolute Gasteiger partial charge is 0.313 e. The fraction of sp³-hybridized carbons (Fsp3) is 0.222. The Morgan fingerprint density at radius 1 is 1.36 bits per heavy atom. The van der Waals surface area contributed by atoms with Gasteiger partial charge in [0.05, 0.1) is 5.69 Å². The number of hydrogen-bond acceptors (Lipinski definition) is 1. The van der Waals surface area contributed by atoms with Crippen LogP contribution in [0.1, 0.15) is 5.56 Å². The molecule has 0 N–H and O–H groups in total. The molecule has 0 bridgehead atoms. The Labute approximate surface area is 107 Å². The van der Waals surface area contributed by atoms with Gasteiger partial charge in [0, 0.05) is 17.1 Å². The van der Waals surface area contributed by atoms with Gasteiger partial charge in [-0.1, -0.05) is 53.9 Å². The second-order valence-electron chi connectivity index (χ2n) is 3.10. The molecule has 2 nitrogen and oxygen atoms in total. The van der Waals surface area contributed by atoms with Gasteiger partial charge in [-0.25, -0.2) is 0 Å². The highest BCUT2D eigenvalue weighted by atomic mass is 79.9. The van der Waals surface area contributed by atoms with E-state index in [1.807, 2.05) is 18.2 Å². The van der Waals surface area contributed by atoms with Crippen LogP contribution in [-0.4, -0.2) is 13.0 Å². The molecule has 1 aromatic carbocycles. The molecule has 0 unspecified atom stereocenters.